The van der Waals surface area contributed by atoms with Crippen LogP contribution in [0.4, 0.5) is 0 Å². The van der Waals surface area contributed by atoms with Crippen molar-refractivity contribution in [3.05, 3.63) is 0 Å². The lowest BCUT2D eigenvalue weighted by Crippen LogP contribution is -2.49. The lowest BCUT2D eigenvalue weighted by Gasteiger charge is -2.31. The van der Waals surface area contributed by atoms with Gasteiger partial charge in [-0.1, -0.05) is 19.8 Å². The molecule has 0 radical (unpaired) electrons. The van der Waals surface area contributed by atoms with E-state index in [1.165, 1.54) is 25.7 Å². The summed E-state index contributed by atoms with van der Waals surface area (Å²) < 4.78 is 5.07. The van der Waals surface area contributed by atoms with Gasteiger partial charge in [-0.25, -0.2) is 0 Å². The van der Waals surface area contributed by atoms with Crippen LogP contribution in [-0.2, 0) is 4.74 Å². The maximum Gasteiger partial charge on any atom is 0.166 e. The Hall–Kier alpha value is -0.350. The van der Waals surface area contributed by atoms with Crippen LogP contribution in [0.15, 0.2) is 0 Å². The van der Waals surface area contributed by atoms with Gasteiger partial charge in [-0.15, -0.1) is 0 Å². The molecule has 1 fully saturated rings. The zero-order valence-corrected chi connectivity index (χ0v) is 11.4. The molecule has 1 aliphatic rings. The standard InChI is InChI=1S/C12H24N2OS/c1-9-6-4-5-7-11(9)14-12(16)13-10(2)8-15-3/h9-11H,4-8H2,1-3H3,(H2,13,14,16). The third kappa shape index (κ3) is 4.66. The molecule has 1 aliphatic carbocycles. The average Bonchev–Trinajstić information content (AvgIpc) is 2.21. The van der Waals surface area contributed by atoms with Crippen molar-refractivity contribution in [2.24, 2.45) is 5.92 Å². The molecule has 0 bridgehead atoms. The normalized spacial score (nSPS) is 27.2. The molecule has 0 saturated heterocycles. The van der Waals surface area contributed by atoms with Gasteiger partial charge in [0.25, 0.3) is 0 Å². The minimum absolute atomic E-state index is 0.267. The highest BCUT2D eigenvalue weighted by Crippen LogP contribution is 2.23. The summed E-state index contributed by atoms with van der Waals surface area (Å²) in [6.07, 6.45) is 5.23. The van der Waals surface area contributed by atoms with Gasteiger partial charge < -0.3 is 15.4 Å². The number of hydrogen-bond donors (Lipinski definition) is 2. The zero-order chi connectivity index (χ0) is 12.0. The number of rotatable bonds is 4. The summed E-state index contributed by atoms with van der Waals surface area (Å²) in [6.45, 7) is 5.06. The summed E-state index contributed by atoms with van der Waals surface area (Å²) in [7, 11) is 1.71. The fraction of sp³-hybridized carbons (Fsp3) is 0.917. The second-order valence-electron chi connectivity index (χ2n) is 4.84. The number of ether oxygens (including phenoxy) is 1. The molecule has 0 aromatic rings. The highest BCUT2D eigenvalue weighted by Gasteiger charge is 2.21. The van der Waals surface area contributed by atoms with Crippen LogP contribution < -0.4 is 10.6 Å². The molecular weight excluding hydrogens is 220 g/mol. The highest BCUT2D eigenvalue weighted by atomic mass is 32.1. The summed E-state index contributed by atoms with van der Waals surface area (Å²) in [5.74, 6) is 0.728. The number of hydrogen-bond acceptors (Lipinski definition) is 2. The second kappa shape index (κ2) is 7.07. The summed E-state index contributed by atoms with van der Waals surface area (Å²) in [5, 5.41) is 7.43. The molecule has 0 aromatic carbocycles. The second-order valence-corrected chi connectivity index (χ2v) is 5.25. The largest absolute Gasteiger partial charge is 0.383 e. The van der Waals surface area contributed by atoms with Crippen LogP contribution >= 0.6 is 12.2 Å². The molecule has 3 atom stereocenters. The Balaban J connectivity index is 2.27. The Morgan fingerprint density at radius 2 is 2.12 bits per heavy atom. The number of nitrogens with one attached hydrogen (secondary N) is 2. The molecule has 0 spiro atoms. The van der Waals surface area contributed by atoms with Crippen molar-refractivity contribution in [1.82, 2.24) is 10.6 Å². The molecule has 16 heavy (non-hydrogen) atoms. The zero-order valence-electron chi connectivity index (χ0n) is 10.6. The van der Waals surface area contributed by atoms with Crippen LogP contribution in [0.5, 0.6) is 0 Å². The van der Waals surface area contributed by atoms with Crippen molar-refractivity contribution in [2.75, 3.05) is 13.7 Å². The maximum absolute atomic E-state index is 5.30. The van der Waals surface area contributed by atoms with Crippen molar-refractivity contribution >= 4 is 17.3 Å². The molecule has 3 unspecified atom stereocenters. The van der Waals surface area contributed by atoms with Gasteiger partial charge in [-0.05, 0) is 37.9 Å². The summed E-state index contributed by atoms with van der Waals surface area (Å²) in [5.41, 5.74) is 0. The van der Waals surface area contributed by atoms with E-state index in [2.05, 4.69) is 24.5 Å². The maximum atomic E-state index is 5.30. The molecule has 3 nitrogen and oxygen atoms in total. The molecule has 0 aromatic heterocycles. The Labute approximate surface area is 104 Å². The van der Waals surface area contributed by atoms with Gasteiger partial charge in [0.05, 0.1) is 6.61 Å². The lowest BCUT2D eigenvalue weighted by atomic mass is 9.86. The fourth-order valence-electron chi connectivity index (χ4n) is 2.26. The minimum Gasteiger partial charge on any atom is -0.383 e. The Bertz CT molecular complexity index is 223. The van der Waals surface area contributed by atoms with Gasteiger partial charge in [0.2, 0.25) is 0 Å². The van der Waals surface area contributed by atoms with E-state index < -0.39 is 0 Å². The van der Waals surface area contributed by atoms with Crippen LogP contribution in [-0.4, -0.2) is 30.9 Å². The predicted octanol–water partition coefficient (Wildman–Crippen LogP) is 2.06. The van der Waals surface area contributed by atoms with Crippen molar-refractivity contribution in [2.45, 2.75) is 51.6 Å². The summed E-state index contributed by atoms with van der Waals surface area (Å²) in [6, 6.07) is 0.812. The SMILES string of the molecule is COCC(C)NC(=S)NC1CCCCC1C. The van der Waals surface area contributed by atoms with E-state index in [0.717, 1.165) is 11.0 Å². The summed E-state index contributed by atoms with van der Waals surface area (Å²) >= 11 is 5.30. The third-order valence-electron chi connectivity index (χ3n) is 3.22. The van der Waals surface area contributed by atoms with Gasteiger partial charge in [0.15, 0.2) is 5.11 Å². The van der Waals surface area contributed by atoms with Gasteiger partial charge in [-0.2, -0.15) is 0 Å². The quantitative estimate of drug-likeness (QED) is 0.742. The van der Waals surface area contributed by atoms with E-state index >= 15 is 0 Å². The van der Waals surface area contributed by atoms with Gasteiger partial charge in [0.1, 0.15) is 0 Å². The summed E-state index contributed by atoms with van der Waals surface area (Å²) in [4.78, 5) is 0. The van der Waals surface area contributed by atoms with Crippen molar-refractivity contribution in [1.29, 1.82) is 0 Å². The Kier molecular flexibility index (Phi) is 6.06. The average molecular weight is 244 g/mol. The van der Waals surface area contributed by atoms with E-state index in [1.54, 1.807) is 7.11 Å². The van der Waals surface area contributed by atoms with Crippen molar-refractivity contribution in [3.63, 3.8) is 0 Å². The first-order valence-corrected chi connectivity index (χ1v) is 6.60. The van der Waals surface area contributed by atoms with Crippen molar-refractivity contribution in [3.8, 4) is 0 Å². The molecule has 0 heterocycles. The molecule has 0 aliphatic heterocycles. The van der Waals surface area contributed by atoms with E-state index in [4.69, 9.17) is 17.0 Å². The molecule has 1 rings (SSSR count). The van der Waals surface area contributed by atoms with E-state index in [0.29, 0.717) is 12.6 Å². The van der Waals surface area contributed by atoms with Crippen LogP contribution in [0.1, 0.15) is 39.5 Å². The lowest BCUT2D eigenvalue weighted by molar-refractivity contribution is 0.179. The first-order chi connectivity index (χ1) is 7.63. The van der Waals surface area contributed by atoms with Gasteiger partial charge >= 0.3 is 0 Å². The van der Waals surface area contributed by atoms with Crippen molar-refractivity contribution < 1.29 is 4.74 Å². The minimum atomic E-state index is 0.267. The van der Waals surface area contributed by atoms with Crippen LogP contribution in [0.25, 0.3) is 0 Å². The molecule has 1 saturated carbocycles. The first-order valence-electron chi connectivity index (χ1n) is 6.19. The van der Waals surface area contributed by atoms with E-state index in [9.17, 15) is 0 Å². The molecular formula is C12H24N2OS. The number of methoxy groups -OCH3 is 1. The predicted molar refractivity (Wildman–Crippen MR) is 71.6 cm³/mol. The smallest absolute Gasteiger partial charge is 0.166 e. The molecule has 94 valence electrons. The number of thiocarbonyl (C=S) groups is 1. The third-order valence-corrected chi connectivity index (χ3v) is 3.46. The van der Waals surface area contributed by atoms with Crippen LogP contribution in [0, 0.1) is 5.92 Å². The highest BCUT2D eigenvalue weighted by molar-refractivity contribution is 7.80. The topological polar surface area (TPSA) is 33.3 Å². The molecule has 2 N–H and O–H groups in total. The molecule has 0 amide bonds. The van der Waals surface area contributed by atoms with E-state index in [-0.39, 0.29) is 6.04 Å². The fourth-order valence-corrected chi connectivity index (χ4v) is 2.61. The van der Waals surface area contributed by atoms with Crippen LogP contribution in [0.2, 0.25) is 0 Å². The first kappa shape index (κ1) is 13.7. The monoisotopic (exact) mass is 244 g/mol. The van der Waals surface area contributed by atoms with E-state index in [1.807, 2.05) is 0 Å². The Morgan fingerprint density at radius 1 is 1.44 bits per heavy atom. The Morgan fingerprint density at radius 3 is 2.75 bits per heavy atom. The van der Waals surface area contributed by atoms with Gasteiger partial charge in [0, 0.05) is 19.2 Å². The van der Waals surface area contributed by atoms with Gasteiger partial charge in [-0.3, -0.25) is 0 Å². The molecule has 4 heteroatoms. The van der Waals surface area contributed by atoms with Crippen LogP contribution in [0.3, 0.4) is 0 Å².